The van der Waals surface area contributed by atoms with Crippen LogP contribution in [-0.2, 0) is 14.3 Å². The molecular formula is C12H27NO3. The van der Waals surface area contributed by atoms with Gasteiger partial charge in [0.2, 0.25) is 5.91 Å². The van der Waals surface area contributed by atoms with E-state index in [1.54, 1.807) is 14.2 Å². The zero-order chi connectivity index (χ0) is 12.6. The van der Waals surface area contributed by atoms with Crippen molar-refractivity contribution in [3.63, 3.8) is 0 Å². The van der Waals surface area contributed by atoms with Crippen LogP contribution in [-0.4, -0.2) is 39.9 Å². The molecule has 0 heterocycles. The summed E-state index contributed by atoms with van der Waals surface area (Å²) in [6.07, 6.45) is 4.42. The topological polar surface area (TPSA) is 47.6 Å². The Morgan fingerprint density at radius 1 is 1.06 bits per heavy atom. The van der Waals surface area contributed by atoms with Gasteiger partial charge in [0.1, 0.15) is 6.61 Å². The molecule has 0 fully saturated rings. The molecule has 1 N–H and O–H groups in total. The summed E-state index contributed by atoms with van der Waals surface area (Å²) in [7, 11) is 3.32. The van der Waals surface area contributed by atoms with Gasteiger partial charge in [0, 0.05) is 27.4 Å². The fourth-order valence-electron chi connectivity index (χ4n) is 1.04. The van der Waals surface area contributed by atoms with Crippen LogP contribution in [0.3, 0.4) is 0 Å². The molecule has 98 valence electrons. The summed E-state index contributed by atoms with van der Waals surface area (Å²) in [4.78, 5) is 10.7. The monoisotopic (exact) mass is 233 g/mol. The van der Waals surface area contributed by atoms with E-state index in [0.29, 0.717) is 6.61 Å². The highest BCUT2D eigenvalue weighted by atomic mass is 16.5. The van der Waals surface area contributed by atoms with Crippen LogP contribution in [0.15, 0.2) is 0 Å². The number of ether oxygens (including phenoxy) is 2. The van der Waals surface area contributed by atoms with E-state index in [1.807, 2.05) is 13.8 Å². The molecule has 4 heteroatoms. The lowest BCUT2D eigenvalue weighted by Crippen LogP contribution is -2.23. The van der Waals surface area contributed by atoms with E-state index in [4.69, 9.17) is 9.47 Å². The van der Waals surface area contributed by atoms with Crippen molar-refractivity contribution in [3.8, 4) is 0 Å². The van der Waals surface area contributed by atoms with Gasteiger partial charge in [0.05, 0.1) is 0 Å². The van der Waals surface area contributed by atoms with Crippen LogP contribution in [0.2, 0.25) is 0 Å². The summed E-state index contributed by atoms with van der Waals surface area (Å²) in [5, 5.41) is 2.50. The predicted octanol–water partition coefficient (Wildman–Crippen LogP) is 1.98. The molecule has 0 saturated carbocycles. The fourth-order valence-corrected chi connectivity index (χ4v) is 1.04. The molecule has 0 aromatic heterocycles. The standard InChI is InChI=1S/C10H21NO3.C2H6/c1-11-10(12)9-14-8-6-4-3-5-7-13-2;1-2/h3-9H2,1-2H3,(H,11,12);1-2H3. The third-order valence-corrected chi connectivity index (χ3v) is 1.90. The molecule has 16 heavy (non-hydrogen) atoms. The third kappa shape index (κ3) is 15.8. The molecular weight excluding hydrogens is 206 g/mol. The van der Waals surface area contributed by atoms with Crippen LogP contribution < -0.4 is 5.32 Å². The SMILES string of the molecule is CC.CNC(=O)COCCCCCCOC. The number of nitrogens with one attached hydrogen (secondary N) is 1. The third-order valence-electron chi connectivity index (χ3n) is 1.90. The van der Waals surface area contributed by atoms with Crippen molar-refractivity contribution in [1.82, 2.24) is 5.32 Å². The number of carbonyl (C=O) groups excluding carboxylic acids is 1. The summed E-state index contributed by atoms with van der Waals surface area (Å²) in [6.45, 7) is 5.67. The minimum absolute atomic E-state index is 0.0654. The lowest BCUT2D eigenvalue weighted by molar-refractivity contribution is -0.125. The van der Waals surface area contributed by atoms with Crippen molar-refractivity contribution < 1.29 is 14.3 Å². The maximum absolute atomic E-state index is 10.7. The fraction of sp³-hybridized carbons (Fsp3) is 0.917. The first kappa shape index (κ1) is 17.8. The van der Waals surface area contributed by atoms with E-state index >= 15 is 0 Å². The number of hydrogen-bond donors (Lipinski definition) is 1. The molecule has 0 aliphatic heterocycles. The van der Waals surface area contributed by atoms with Gasteiger partial charge < -0.3 is 14.8 Å². The summed E-state index contributed by atoms with van der Waals surface area (Å²) in [5.41, 5.74) is 0. The molecule has 0 aliphatic carbocycles. The number of likely N-dealkylation sites (N-methyl/N-ethyl adjacent to an activating group) is 1. The average Bonchev–Trinajstić information content (AvgIpc) is 2.34. The summed E-state index contributed by atoms with van der Waals surface area (Å²) >= 11 is 0. The molecule has 0 spiro atoms. The molecule has 0 radical (unpaired) electrons. The van der Waals surface area contributed by atoms with E-state index in [9.17, 15) is 4.79 Å². The number of methoxy groups -OCH3 is 1. The van der Waals surface area contributed by atoms with Gasteiger partial charge in [-0.1, -0.05) is 26.7 Å². The van der Waals surface area contributed by atoms with Gasteiger partial charge in [-0.3, -0.25) is 4.79 Å². The summed E-state index contributed by atoms with van der Waals surface area (Å²) in [6, 6.07) is 0. The highest BCUT2D eigenvalue weighted by molar-refractivity contribution is 5.76. The largest absolute Gasteiger partial charge is 0.385 e. The maximum Gasteiger partial charge on any atom is 0.245 e. The van der Waals surface area contributed by atoms with Gasteiger partial charge in [-0.05, 0) is 12.8 Å². The van der Waals surface area contributed by atoms with E-state index in [-0.39, 0.29) is 12.5 Å². The highest BCUT2D eigenvalue weighted by Crippen LogP contribution is 1.99. The Kier molecular flexibility index (Phi) is 18.7. The van der Waals surface area contributed by atoms with E-state index in [2.05, 4.69) is 5.32 Å². The number of rotatable bonds is 9. The van der Waals surface area contributed by atoms with Gasteiger partial charge >= 0.3 is 0 Å². The first-order valence-corrected chi connectivity index (χ1v) is 6.08. The predicted molar refractivity (Wildman–Crippen MR) is 66.6 cm³/mol. The van der Waals surface area contributed by atoms with E-state index < -0.39 is 0 Å². The average molecular weight is 233 g/mol. The number of hydrogen-bond acceptors (Lipinski definition) is 3. The minimum Gasteiger partial charge on any atom is -0.385 e. The molecule has 0 unspecified atom stereocenters. The molecule has 0 aliphatic rings. The molecule has 1 amide bonds. The van der Waals surface area contributed by atoms with Crippen LogP contribution in [0, 0.1) is 0 Å². The van der Waals surface area contributed by atoms with Crippen LogP contribution in [0.25, 0.3) is 0 Å². The quantitative estimate of drug-likeness (QED) is 0.619. The zero-order valence-corrected chi connectivity index (χ0v) is 11.2. The number of unbranched alkanes of at least 4 members (excludes halogenated alkanes) is 3. The van der Waals surface area contributed by atoms with Gasteiger partial charge in [-0.15, -0.1) is 0 Å². The summed E-state index contributed by atoms with van der Waals surface area (Å²) in [5.74, 6) is -0.0654. The van der Waals surface area contributed by atoms with Crippen molar-refractivity contribution in [3.05, 3.63) is 0 Å². The Hall–Kier alpha value is -0.610. The Bertz CT molecular complexity index is 140. The van der Waals surface area contributed by atoms with Crippen LogP contribution in [0.4, 0.5) is 0 Å². The number of amides is 1. The van der Waals surface area contributed by atoms with E-state index in [1.165, 1.54) is 0 Å². The summed E-state index contributed by atoms with van der Waals surface area (Å²) < 4.78 is 10.1. The van der Waals surface area contributed by atoms with Gasteiger partial charge in [-0.25, -0.2) is 0 Å². The second-order valence-corrected chi connectivity index (χ2v) is 3.13. The Morgan fingerprint density at radius 3 is 2.12 bits per heavy atom. The lowest BCUT2D eigenvalue weighted by Gasteiger charge is -2.03. The Balaban J connectivity index is 0. The van der Waals surface area contributed by atoms with E-state index in [0.717, 1.165) is 32.3 Å². The van der Waals surface area contributed by atoms with Gasteiger partial charge in [0.25, 0.3) is 0 Å². The van der Waals surface area contributed by atoms with Crippen molar-refractivity contribution in [2.75, 3.05) is 34.0 Å². The first-order valence-electron chi connectivity index (χ1n) is 6.08. The molecule has 0 aromatic carbocycles. The van der Waals surface area contributed by atoms with Crippen molar-refractivity contribution >= 4 is 5.91 Å². The second kappa shape index (κ2) is 16.8. The van der Waals surface area contributed by atoms with Gasteiger partial charge in [-0.2, -0.15) is 0 Å². The van der Waals surface area contributed by atoms with Crippen LogP contribution >= 0.6 is 0 Å². The smallest absolute Gasteiger partial charge is 0.245 e. The molecule has 0 bridgehead atoms. The van der Waals surface area contributed by atoms with Crippen molar-refractivity contribution in [2.24, 2.45) is 0 Å². The Labute approximate surface area is 99.7 Å². The lowest BCUT2D eigenvalue weighted by atomic mass is 10.2. The second-order valence-electron chi connectivity index (χ2n) is 3.13. The molecule has 0 atom stereocenters. The van der Waals surface area contributed by atoms with Gasteiger partial charge in [0.15, 0.2) is 0 Å². The van der Waals surface area contributed by atoms with Crippen molar-refractivity contribution in [1.29, 1.82) is 0 Å². The number of carbonyl (C=O) groups is 1. The maximum atomic E-state index is 10.7. The molecule has 4 nitrogen and oxygen atoms in total. The Morgan fingerprint density at radius 2 is 1.62 bits per heavy atom. The van der Waals surface area contributed by atoms with Crippen LogP contribution in [0.1, 0.15) is 39.5 Å². The first-order chi connectivity index (χ1) is 7.81. The molecule has 0 rings (SSSR count). The molecule has 0 aromatic rings. The van der Waals surface area contributed by atoms with Crippen molar-refractivity contribution in [2.45, 2.75) is 39.5 Å². The highest BCUT2D eigenvalue weighted by Gasteiger charge is 1.96. The normalized spacial score (nSPS) is 9.25. The minimum atomic E-state index is -0.0654. The zero-order valence-electron chi connectivity index (χ0n) is 11.2. The van der Waals surface area contributed by atoms with Crippen LogP contribution in [0.5, 0.6) is 0 Å². The molecule has 0 saturated heterocycles.